The second kappa shape index (κ2) is 4.74. The number of Topliss-reactive ketones (excluding diaryl/α,β-unsaturated/α-hetero) is 2. The van der Waals surface area contributed by atoms with Gasteiger partial charge in [-0.1, -0.05) is 15.9 Å². The monoisotopic (exact) mass is 338 g/mol. The molecule has 2 aliphatic rings. The number of benzene rings is 1. The topological polar surface area (TPSA) is 34.1 Å². The van der Waals surface area contributed by atoms with Crippen LogP contribution in [-0.4, -0.2) is 11.6 Å². The van der Waals surface area contributed by atoms with Crippen LogP contribution in [0.2, 0.25) is 0 Å². The van der Waals surface area contributed by atoms with E-state index in [9.17, 15) is 18.4 Å². The molecule has 102 valence electrons. The van der Waals surface area contributed by atoms with Gasteiger partial charge >= 0.3 is 0 Å². The predicted octanol–water partition coefficient (Wildman–Crippen LogP) is 4.10. The predicted molar refractivity (Wildman–Crippen MR) is 72.9 cm³/mol. The Bertz CT molecular complexity index is 674. The van der Waals surface area contributed by atoms with Gasteiger partial charge in [0.25, 0.3) is 0 Å². The fourth-order valence-electron chi connectivity index (χ4n) is 2.56. The van der Waals surface area contributed by atoms with Crippen LogP contribution in [-0.2, 0) is 0 Å². The van der Waals surface area contributed by atoms with Crippen LogP contribution < -0.4 is 0 Å². The summed E-state index contributed by atoms with van der Waals surface area (Å²) in [7, 11) is 0. The first-order chi connectivity index (χ1) is 9.49. The molecule has 0 bridgehead atoms. The first-order valence-corrected chi connectivity index (χ1v) is 6.96. The van der Waals surface area contributed by atoms with E-state index in [0.29, 0.717) is 12.0 Å². The highest BCUT2D eigenvalue weighted by Gasteiger charge is 2.36. The number of fused-ring (bicyclic) bond motifs is 1. The summed E-state index contributed by atoms with van der Waals surface area (Å²) in [6, 6.07) is 1.61. The molecular weight excluding hydrogens is 330 g/mol. The molecule has 2 aliphatic carbocycles. The number of halogens is 3. The van der Waals surface area contributed by atoms with E-state index in [0.717, 1.165) is 29.5 Å². The van der Waals surface area contributed by atoms with E-state index in [2.05, 4.69) is 15.9 Å². The SMILES string of the molecule is O=C1C(=C2C=C(Br)CCC2)C(=O)c2cc(F)c(F)cc21. The molecule has 0 aliphatic heterocycles. The molecule has 0 radical (unpaired) electrons. The second-order valence-electron chi connectivity index (χ2n) is 4.82. The second-order valence-corrected chi connectivity index (χ2v) is 5.83. The van der Waals surface area contributed by atoms with Crippen LogP contribution in [0, 0.1) is 11.6 Å². The van der Waals surface area contributed by atoms with E-state index < -0.39 is 23.2 Å². The van der Waals surface area contributed by atoms with Gasteiger partial charge in [0.15, 0.2) is 23.2 Å². The summed E-state index contributed by atoms with van der Waals surface area (Å²) < 4.78 is 27.4. The lowest BCUT2D eigenvalue weighted by Crippen LogP contribution is -2.06. The van der Waals surface area contributed by atoms with Gasteiger partial charge in [-0.15, -0.1) is 0 Å². The van der Waals surface area contributed by atoms with Gasteiger partial charge in [-0.05, 0) is 47.5 Å². The van der Waals surface area contributed by atoms with Crippen molar-refractivity contribution in [1.82, 2.24) is 0 Å². The Morgan fingerprint density at radius 1 is 0.950 bits per heavy atom. The molecular formula is C15H9BrF2O2. The Balaban J connectivity index is 2.19. The molecule has 0 atom stereocenters. The van der Waals surface area contributed by atoms with Crippen LogP contribution in [0.3, 0.4) is 0 Å². The van der Waals surface area contributed by atoms with Crippen molar-refractivity contribution in [2.24, 2.45) is 0 Å². The third-order valence-electron chi connectivity index (χ3n) is 3.52. The smallest absolute Gasteiger partial charge is 0.198 e. The summed E-state index contributed by atoms with van der Waals surface area (Å²) in [6.07, 6.45) is 4.05. The number of carbonyl (C=O) groups excluding carboxylic acids is 2. The molecule has 0 fully saturated rings. The maximum atomic E-state index is 13.2. The Morgan fingerprint density at radius 3 is 2.00 bits per heavy atom. The fourth-order valence-corrected chi connectivity index (χ4v) is 3.12. The molecule has 1 aromatic rings. The third-order valence-corrected chi connectivity index (χ3v) is 4.14. The lowest BCUT2D eigenvalue weighted by molar-refractivity contribution is 0.0987. The van der Waals surface area contributed by atoms with E-state index in [1.165, 1.54) is 0 Å². The summed E-state index contributed by atoms with van der Waals surface area (Å²) >= 11 is 3.36. The zero-order valence-corrected chi connectivity index (χ0v) is 11.9. The standard InChI is InChI=1S/C15H9BrF2O2/c16-8-3-1-2-7(4-8)13-14(19)9-5-11(17)12(18)6-10(9)15(13)20/h4-6H,1-3H2. The van der Waals surface area contributed by atoms with Crippen LogP contribution in [0.5, 0.6) is 0 Å². The van der Waals surface area contributed by atoms with Crippen LogP contribution in [0.1, 0.15) is 40.0 Å². The van der Waals surface area contributed by atoms with Gasteiger partial charge < -0.3 is 0 Å². The number of allylic oxidation sites excluding steroid dienone is 4. The van der Waals surface area contributed by atoms with Gasteiger partial charge in [0.1, 0.15) is 0 Å². The Hall–Kier alpha value is -1.62. The van der Waals surface area contributed by atoms with Gasteiger partial charge in [0.2, 0.25) is 0 Å². The Kier molecular flexibility index (Phi) is 3.17. The minimum absolute atomic E-state index is 0.0432. The number of rotatable bonds is 0. The molecule has 0 unspecified atom stereocenters. The van der Waals surface area contributed by atoms with Crippen molar-refractivity contribution in [3.8, 4) is 0 Å². The fraction of sp³-hybridized carbons (Fsp3) is 0.200. The largest absolute Gasteiger partial charge is 0.288 e. The van der Waals surface area contributed by atoms with Crippen molar-refractivity contribution < 1.29 is 18.4 Å². The normalized spacial score (nSPS) is 18.4. The highest BCUT2D eigenvalue weighted by atomic mass is 79.9. The van der Waals surface area contributed by atoms with E-state index in [1.807, 2.05) is 0 Å². The lowest BCUT2D eigenvalue weighted by atomic mass is 9.94. The zero-order valence-electron chi connectivity index (χ0n) is 10.3. The Morgan fingerprint density at radius 2 is 1.50 bits per heavy atom. The quantitative estimate of drug-likeness (QED) is 0.527. The number of hydrogen-bond donors (Lipinski definition) is 0. The van der Waals surface area contributed by atoms with Crippen molar-refractivity contribution >= 4 is 27.5 Å². The van der Waals surface area contributed by atoms with Crippen molar-refractivity contribution in [3.63, 3.8) is 0 Å². The highest BCUT2D eigenvalue weighted by Crippen LogP contribution is 2.35. The lowest BCUT2D eigenvalue weighted by Gasteiger charge is -2.12. The molecule has 1 aromatic carbocycles. The van der Waals surface area contributed by atoms with Crippen molar-refractivity contribution in [2.75, 3.05) is 0 Å². The number of hydrogen-bond acceptors (Lipinski definition) is 2. The molecule has 2 nitrogen and oxygen atoms in total. The molecule has 0 spiro atoms. The average Bonchev–Trinajstić information content (AvgIpc) is 2.63. The minimum Gasteiger partial charge on any atom is -0.288 e. The molecule has 3 rings (SSSR count). The first kappa shape index (κ1) is 13.4. The van der Waals surface area contributed by atoms with Gasteiger partial charge in [0.05, 0.1) is 5.57 Å². The molecule has 5 heteroatoms. The van der Waals surface area contributed by atoms with E-state index in [1.54, 1.807) is 6.08 Å². The van der Waals surface area contributed by atoms with E-state index >= 15 is 0 Å². The third kappa shape index (κ3) is 1.97. The van der Waals surface area contributed by atoms with Crippen molar-refractivity contribution in [3.05, 3.63) is 56.6 Å². The van der Waals surface area contributed by atoms with Crippen molar-refractivity contribution in [2.45, 2.75) is 19.3 Å². The highest BCUT2D eigenvalue weighted by molar-refractivity contribution is 9.11. The van der Waals surface area contributed by atoms with Gasteiger partial charge in [-0.25, -0.2) is 8.78 Å². The molecule has 0 saturated heterocycles. The van der Waals surface area contributed by atoms with Crippen LogP contribution in [0.25, 0.3) is 0 Å². The maximum Gasteiger partial charge on any atom is 0.198 e. The van der Waals surface area contributed by atoms with Gasteiger partial charge in [0, 0.05) is 11.1 Å². The van der Waals surface area contributed by atoms with Gasteiger partial charge in [-0.3, -0.25) is 9.59 Å². The summed E-state index contributed by atoms with van der Waals surface area (Å²) in [5, 5.41) is 0. The summed E-state index contributed by atoms with van der Waals surface area (Å²) in [5.74, 6) is -3.26. The summed E-state index contributed by atoms with van der Waals surface area (Å²) in [6.45, 7) is 0. The minimum atomic E-state index is -1.11. The molecule has 0 heterocycles. The van der Waals surface area contributed by atoms with Crippen LogP contribution in [0.15, 0.2) is 33.8 Å². The molecule has 0 amide bonds. The molecule has 0 saturated carbocycles. The maximum absolute atomic E-state index is 13.2. The van der Waals surface area contributed by atoms with Gasteiger partial charge in [-0.2, -0.15) is 0 Å². The first-order valence-electron chi connectivity index (χ1n) is 6.16. The molecule has 0 N–H and O–H groups in total. The number of carbonyl (C=O) groups is 2. The molecule has 0 aromatic heterocycles. The van der Waals surface area contributed by atoms with Crippen LogP contribution >= 0.6 is 15.9 Å². The number of ketones is 2. The van der Waals surface area contributed by atoms with Crippen molar-refractivity contribution in [1.29, 1.82) is 0 Å². The Labute approximate surface area is 122 Å². The summed E-state index contributed by atoms with van der Waals surface area (Å²) in [5.41, 5.74) is 0.579. The van der Waals surface area contributed by atoms with E-state index in [-0.39, 0.29) is 16.7 Å². The van der Waals surface area contributed by atoms with Crippen LogP contribution in [0.4, 0.5) is 8.78 Å². The molecule has 20 heavy (non-hydrogen) atoms. The zero-order chi connectivity index (χ0) is 14.4. The van der Waals surface area contributed by atoms with E-state index in [4.69, 9.17) is 0 Å². The summed E-state index contributed by atoms with van der Waals surface area (Å²) in [4.78, 5) is 24.5. The average molecular weight is 339 g/mol.